The number of nitrogens with two attached hydrogens (primary N) is 1. The zero-order valence-electron chi connectivity index (χ0n) is 14.9. The van der Waals surface area contributed by atoms with Crippen LogP contribution in [-0.4, -0.2) is 43.2 Å². The molecule has 0 fully saturated rings. The smallest absolute Gasteiger partial charge is 0.261 e. The number of aromatic amines is 1. The second-order valence-corrected chi connectivity index (χ2v) is 7.64. The molecule has 8 nitrogen and oxygen atoms in total. The molecule has 148 valence electrons. The molecule has 0 bridgehead atoms. The van der Waals surface area contributed by atoms with E-state index in [9.17, 15) is 17.6 Å². The van der Waals surface area contributed by atoms with E-state index in [1.165, 1.54) is 6.07 Å². The van der Waals surface area contributed by atoms with Crippen molar-refractivity contribution in [3.05, 3.63) is 47.9 Å². The van der Waals surface area contributed by atoms with Gasteiger partial charge in [-0.15, -0.1) is 0 Å². The third-order valence-corrected chi connectivity index (χ3v) is 4.06. The van der Waals surface area contributed by atoms with Crippen LogP contribution in [0.5, 0.6) is 0 Å². The van der Waals surface area contributed by atoms with E-state index in [2.05, 4.69) is 15.6 Å². The minimum absolute atomic E-state index is 0.217. The lowest BCUT2D eigenvalue weighted by molar-refractivity contribution is 0.103. The van der Waals surface area contributed by atoms with Crippen LogP contribution in [0.15, 0.2) is 36.5 Å². The lowest BCUT2D eigenvalue weighted by atomic mass is 9.96. The Morgan fingerprint density at radius 1 is 1.25 bits per heavy atom. The second-order valence-electron chi connectivity index (χ2n) is 6.18. The summed E-state index contributed by atoms with van der Waals surface area (Å²) in [4.78, 5) is 15.5. The Kier molecular flexibility index (Phi) is 5.36. The van der Waals surface area contributed by atoms with Crippen LogP contribution in [0, 0.1) is 5.82 Å². The molecular formula is C18H19FN4O4S. The Morgan fingerprint density at radius 3 is 2.57 bits per heavy atom. The summed E-state index contributed by atoms with van der Waals surface area (Å²) in [6.07, 6.45) is 2.51. The van der Waals surface area contributed by atoms with Crippen molar-refractivity contribution in [2.24, 2.45) is 5.73 Å². The van der Waals surface area contributed by atoms with Crippen LogP contribution in [0.3, 0.4) is 0 Å². The lowest BCUT2D eigenvalue weighted by Gasteiger charge is -2.14. The topological polar surface area (TPSA) is 137 Å². The van der Waals surface area contributed by atoms with Crippen molar-refractivity contribution < 1.29 is 22.2 Å². The molecule has 0 atom stereocenters. The Labute approximate surface area is 160 Å². The zero-order valence-corrected chi connectivity index (χ0v) is 15.7. The van der Waals surface area contributed by atoms with Crippen LogP contribution >= 0.6 is 0 Å². The van der Waals surface area contributed by atoms with E-state index < -0.39 is 10.1 Å². The van der Waals surface area contributed by atoms with Gasteiger partial charge < -0.3 is 21.4 Å². The van der Waals surface area contributed by atoms with Crippen LogP contribution in [0.25, 0.3) is 22.0 Å². The fraction of sp³-hybridized carbons (Fsp3) is 0.167. The SMILES string of the molecule is CS(=O)(=O)O.NCCNc1cc(-c2ccc[nH]2)c2c3c(ccc(F)c13)NC2=O. The van der Waals surface area contributed by atoms with Crippen molar-refractivity contribution in [1.29, 1.82) is 0 Å². The van der Waals surface area contributed by atoms with Crippen molar-refractivity contribution in [1.82, 2.24) is 4.98 Å². The average Bonchev–Trinajstić information content (AvgIpc) is 3.24. The van der Waals surface area contributed by atoms with E-state index in [-0.39, 0.29) is 11.7 Å². The van der Waals surface area contributed by atoms with Crippen molar-refractivity contribution in [3.63, 3.8) is 0 Å². The third-order valence-electron chi connectivity index (χ3n) is 4.06. The summed E-state index contributed by atoms with van der Waals surface area (Å²) in [5.74, 6) is -0.579. The van der Waals surface area contributed by atoms with Gasteiger partial charge >= 0.3 is 0 Å². The molecule has 0 unspecified atom stereocenters. The number of carbonyl (C=O) groups excluding carboxylic acids is 1. The number of halogens is 1. The van der Waals surface area contributed by atoms with E-state index in [1.807, 2.05) is 12.1 Å². The van der Waals surface area contributed by atoms with E-state index in [0.29, 0.717) is 47.1 Å². The predicted molar refractivity (Wildman–Crippen MR) is 107 cm³/mol. The molecule has 1 amide bonds. The minimum atomic E-state index is -3.67. The number of H-pyrrole nitrogens is 1. The molecule has 10 heteroatoms. The summed E-state index contributed by atoms with van der Waals surface area (Å²) in [5, 5.41) is 7.00. The zero-order chi connectivity index (χ0) is 20.5. The average molecular weight is 406 g/mol. The Bertz CT molecular complexity index is 1140. The Balaban J connectivity index is 0.000000403. The van der Waals surface area contributed by atoms with Gasteiger partial charge in [-0.3, -0.25) is 9.35 Å². The number of anilines is 2. The van der Waals surface area contributed by atoms with Gasteiger partial charge in [0, 0.05) is 52.7 Å². The van der Waals surface area contributed by atoms with Crippen LogP contribution in [-0.2, 0) is 10.1 Å². The minimum Gasteiger partial charge on any atom is -0.383 e. The standard InChI is InChI=1S/C17H15FN4O.CH4O3S/c18-10-3-4-12-16-14(17(23)22-12)9(11-2-1-6-20-11)8-13(15(10)16)21-7-5-19;1-5(2,3)4/h1-4,6,8,20-21H,5,7,19H2,(H,22,23);1H3,(H,2,3,4). The number of hydrogen-bond acceptors (Lipinski definition) is 5. The molecule has 0 radical (unpaired) electrons. The van der Waals surface area contributed by atoms with Gasteiger partial charge in [0.1, 0.15) is 5.82 Å². The molecule has 3 aromatic rings. The first kappa shape index (κ1) is 19.8. The maximum Gasteiger partial charge on any atom is 0.261 e. The maximum atomic E-state index is 14.4. The lowest BCUT2D eigenvalue weighted by Crippen LogP contribution is -2.14. The molecule has 4 rings (SSSR count). The van der Waals surface area contributed by atoms with E-state index in [1.54, 1.807) is 18.3 Å². The molecule has 0 spiro atoms. The van der Waals surface area contributed by atoms with E-state index >= 15 is 0 Å². The molecule has 1 aromatic heterocycles. The van der Waals surface area contributed by atoms with Crippen LogP contribution in [0.4, 0.5) is 15.8 Å². The summed E-state index contributed by atoms with van der Waals surface area (Å²) >= 11 is 0. The van der Waals surface area contributed by atoms with Crippen molar-refractivity contribution >= 4 is 38.2 Å². The fourth-order valence-electron chi connectivity index (χ4n) is 3.10. The molecular weight excluding hydrogens is 387 g/mol. The summed E-state index contributed by atoms with van der Waals surface area (Å²) < 4.78 is 40.3. The highest BCUT2D eigenvalue weighted by Gasteiger charge is 2.29. The van der Waals surface area contributed by atoms with Crippen LogP contribution in [0.1, 0.15) is 10.4 Å². The largest absolute Gasteiger partial charge is 0.383 e. The van der Waals surface area contributed by atoms with Gasteiger partial charge in [-0.1, -0.05) is 0 Å². The molecule has 1 aliphatic heterocycles. The van der Waals surface area contributed by atoms with Gasteiger partial charge in [-0.25, -0.2) is 4.39 Å². The number of nitrogens with one attached hydrogen (secondary N) is 3. The van der Waals surface area contributed by atoms with E-state index in [0.717, 1.165) is 11.3 Å². The summed E-state index contributed by atoms with van der Waals surface area (Å²) in [5.41, 5.74) is 8.87. The number of amides is 1. The van der Waals surface area contributed by atoms with Crippen molar-refractivity contribution in [2.75, 3.05) is 30.0 Å². The number of carbonyl (C=O) groups is 1. The number of rotatable bonds is 4. The summed E-state index contributed by atoms with van der Waals surface area (Å²) in [7, 11) is -3.67. The van der Waals surface area contributed by atoms with E-state index in [4.69, 9.17) is 10.3 Å². The highest BCUT2D eigenvalue weighted by molar-refractivity contribution is 7.85. The molecule has 1 aliphatic rings. The van der Waals surface area contributed by atoms with Crippen LogP contribution in [0.2, 0.25) is 0 Å². The highest BCUT2D eigenvalue weighted by Crippen LogP contribution is 2.43. The molecule has 2 aromatic carbocycles. The maximum absolute atomic E-state index is 14.4. The molecule has 6 N–H and O–H groups in total. The monoisotopic (exact) mass is 406 g/mol. The van der Waals surface area contributed by atoms with Gasteiger partial charge in [0.15, 0.2) is 0 Å². The van der Waals surface area contributed by atoms with Gasteiger partial charge in [-0.05, 0) is 30.3 Å². The van der Waals surface area contributed by atoms with Crippen molar-refractivity contribution in [3.8, 4) is 11.3 Å². The summed E-state index contributed by atoms with van der Waals surface area (Å²) in [6, 6.07) is 8.51. The first-order valence-corrected chi connectivity index (χ1v) is 10.2. The Hall–Kier alpha value is -2.95. The van der Waals surface area contributed by atoms with Gasteiger partial charge in [0.25, 0.3) is 16.0 Å². The van der Waals surface area contributed by atoms with Gasteiger partial charge in [0.2, 0.25) is 0 Å². The van der Waals surface area contributed by atoms with Crippen molar-refractivity contribution in [2.45, 2.75) is 0 Å². The fourth-order valence-corrected chi connectivity index (χ4v) is 3.10. The number of hydrogen-bond donors (Lipinski definition) is 5. The number of benzene rings is 2. The summed E-state index contributed by atoms with van der Waals surface area (Å²) in [6.45, 7) is 0.948. The normalized spacial score (nSPS) is 12.5. The Morgan fingerprint density at radius 2 is 1.96 bits per heavy atom. The first-order valence-electron chi connectivity index (χ1n) is 8.31. The third kappa shape index (κ3) is 3.98. The number of aromatic nitrogens is 1. The van der Waals surface area contributed by atoms with Gasteiger partial charge in [-0.2, -0.15) is 8.42 Å². The molecule has 2 heterocycles. The quantitative estimate of drug-likeness (QED) is 0.422. The predicted octanol–water partition coefficient (Wildman–Crippen LogP) is 2.41. The first-order chi connectivity index (χ1) is 13.2. The van der Waals surface area contributed by atoms with Crippen LogP contribution < -0.4 is 16.4 Å². The molecule has 0 aliphatic carbocycles. The molecule has 0 saturated carbocycles. The van der Waals surface area contributed by atoms with Gasteiger partial charge in [0.05, 0.1) is 11.8 Å². The second kappa shape index (κ2) is 7.58. The molecule has 28 heavy (non-hydrogen) atoms. The highest BCUT2D eigenvalue weighted by atomic mass is 32.2. The molecule has 0 saturated heterocycles.